The molecule has 0 N–H and O–H groups in total. The summed E-state index contributed by atoms with van der Waals surface area (Å²) in [7, 11) is 1.82. The van der Waals surface area contributed by atoms with Gasteiger partial charge in [-0.3, -0.25) is 14.5 Å². The van der Waals surface area contributed by atoms with Crippen molar-refractivity contribution in [2.75, 3.05) is 33.2 Å². The molecule has 0 atom stereocenters. The van der Waals surface area contributed by atoms with Gasteiger partial charge in [0.2, 0.25) is 5.91 Å². The Hall–Kier alpha value is -1.68. The van der Waals surface area contributed by atoms with Crippen LogP contribution in [0.15, 0.2) is 12.1 Å². The number of carbonyl (C=O) groups excluding carboxylic acids is 2. The summed E-state index contributed by atoms with van der Waals surface area (Å²) in [5.74, 6) is 0.199. The van der Waals surface area contributed by atoms with Crippen LogP contribution in [0.2, 0.25) is 0 Å². The highest BCUT2D eigenvalue weighted by molar-refractivity contribution is 5.99. The van der Waals surface area contributed by atoms with Crippen LogP contribution in [-0.2, 0) is 4.79 Å². The summed E-state index contributed by atoms with van der Waals surface area (Å²) >= 11 is 0. The molecule has 4 nitrogen and oxygen atoms in total. The number of benzene rings is 1. The summed E-state index contributed by atoms with van der Waals surface area (Å²) in [5.41, 5.74) is 4.13. The maximum Gasteiger partial charge on any atom is 0.236 e. The Labute approximate surface area is 126 Å². The van der Waals surface area contributed by atoms with Crippen molar-refractivity contribution in [2.24, 2.45) is 0 Å². The third kappa shape index (κ3) is 3.70. The molecule has 1 heterocycles. The number of aryl methyl sites for hydroxylation is 3. The molecule has 1 saturated heterocycles. The second kappa shape index (κ2) is 6.39. The van der Waals surface area contributed by atoms with E-state index >= 15 is 0 Å². The molecule has 0 radical (unpaired) electrons. The quantitative estimate of drug-likeness (QED) is 0.798. The van der Waals surface area contributed by atoms with Gasteiger partial charge in [-0.05, 0) is 49.9 Å². The highest BCUT2D eigenvalue weighted by Crippen LogP contribution is 2.16. The second-order valence-electron chi connectivity index (χ2n) is 6.05. The Balaban J connectivity index is 2.11. The molecule has 1 aromatic carbocycles. The molecule has 1 aliphatic rings. The minimum atomic E-state index is 0.0945. The maximum atomic E-state index is 12.5. The van der Waals surface area contributed by atoms with E-state index in [-0.39, 0.29) is 11.7 Å². The topological polar surface area (TPSA) is 40.6 Å². The molecule has 2 rings (SSSR count). The van der Waals surface area contributed by atoms with Gasteiger partial charge in [-0.15, -0.1) is 0 Å². The van der Waals surface area contributed by atoms with Crippen molar-refractivity contribution < 1.29 is 9.59 Å². The van der Waals surface area contributed by atoms with E-state index < -0.39 is 0 Å². The zero-order valence-electron chi connectivity index (χ0n) is 13.4. The number of hydrogen-bond acceptors (Lipinski definition) is 3. The lowest BCUT2D eigenvalue weighted by Crippen LogP contribution is -2.37. The van der Waals surface area contributed by atoms with Crippen LogP contribution in [0.3, 0.4) is 0 Å². The van der Waals surface area contributed by atoms with E-state index in [1.807, 2.05) is 31.9 Å². The minimum absolute atomic E-state index is 0.0945. The van der Waals surface area contributed by atoms with Gasteiger partial charge in [0, 0.05) is 25.7 Å². The normalized spacial score (nSPS) is 17.0. The first-order valence-electron chi connectivity index (χ1n) is 7.46. The number of hydrogen-bond donors (Lipinski definition) is 0. The maximum absolute atomic E-state index is 12.5. The lowest BCUT2D eigenvalue weighted by atomic mass is 9.98. The van der Waals surface area contributed by atoms with Gasteiger partial charge < -0.3 is 4.90 Å². The monoisotopic (exact) mass is 288 g/mol. The molecule has 21 heavy (non-hydrogen) atoms. The summed E-state index contributed by atoms with van der Waals surface area (Å²) in [6.07, 6.45) is 0.918. The fourth-order valence-electron chi connectivity index (χ4n) is 2.73. The molecule has 0 aliphatic carbocycles. The van der Waals surface area contributed by atoms with Crippen molar-refractivity contribution in [1.29, 1.82) is 0 Å². The van der Waals surface area contributed by atoms with E-state index in [0.717, 1.165) is 36.2 Å². The SMILES string of the molecule is Cc1cc(C)c(C(=O)CN2CCCN(C)C(=O)C2)cc1C. The van der Waals surface area contributed by atoms with Gasteiger partial charge in [0.15, 0.2) is 5.78 Å². The predicted octanol–water partition coefficient (Wildman–Crippen LogP) is 1.96. The summed E-state index contributed by atoms with van der Waals surface area (Å²) in [5, 5.41) is 0. The van der Waals surface area contributed by atoms with Crippen LogP contribution in [0.1, 0.15) is 33.5 Å². The first kappa shape index (κ1) is 15.7. The Kier molecular flexibility index (Phi) is 4.78. The number of Topliss-reactive ketones (excluding diaryl/α,β-unsaturated/α-hetero) is 1. The summed E-state index contributed by atoms with van der Waals surface area (Å²) in [6, 6.07) is 4.03. The number of ketones is 1. The highest BCUT2D eigenvalue weighted by Gasteiger charge is 2.21. The molecule has 1 fully saturated rings. The fraction of sp³-hybridized carbons (Fsp3) is 0.529. The Bertz CT molecular complexity index is 566. The van der Waals surface area contributed by atoms with E-state index in [0.29, 0.717) is 13.1 Å². The molecular formula is C17H24N2O2. The lowest BCUT2D eigenvalue weighted by molar-refractivity contribution is -0.129. The standard InChI is InChI=1S/C17H24N2O2/c1-12-8-14(3)15(9-13(12)2)16(20)10-19-7-5-6-18(4)17(21)11-19/h8-9H,5-7,10-11H2,1-4H3. The van der Waals surface area contributed by atoms with Gasteiger partial charge in [0.1, 0.15) is 0 Å². The van der Waals surface area contributed by atoms with E-state index in [1.165, 1.54) is 5.56 Å². The van der Waals surface area contributed by atoms with Crippen molar-refractivity contribution in [3.63, 3.8) is 0 Å². The van der Waals surface area contributed by atoms with Crippen LogP contribution in [0, 0.1) is 20.8 Å². The lowest BCUT2D eigenvalue weighted by Gasteiger charge is -2.19. The first-order valence-corrected chi connectivity index (χ1v) is 7.46. The average molecular weight is 288 g/mol. The molecule has 0 aromatic heterocycles. The molecule has 0 saturated carbocycles. The van der Waals surface area contributed by atoms with Gasteiger partial charge in [-0.25, -0.2) is 0 Å². The summed E-state index contributed by atoms with van der Waals surface area (Å²) in [6.45, 7) is 8.28. The predicted molar refractivity (Wildman–Crippen MR) is 83.7 cm³/mol. The Morgan fingerprint density at radius 2 is 1.76 bits per heavy atom. The minimum Gasteiger partial charge on any atom is -0.345 e. The summed E-state index contributed by atoms with van der Waals surface area (Å²) < 4.78 is 0. The van der Waals surface area contributed by atoms with Gasteiger partial charge in [-0.2, -0.15) is 0 Å². The van der Waals surface area contributed by atoms with Gasteiger partial charge in [-0.1, -0.05) is 6.07 Å². The Morgan fingerprint density at radius 3 is 2.48 bits per heavy atom. The van der Waals surface area contributed by atoms with Crippen LogP contribution in [0.25, 0.3) is 0 Å². The third-order valence-electron chi connectivity index (χ3n) is 4.26. The zero-order valence-corrected chi connectivity index (χ0v) is 13.4. The van der Waals surface area contributed by atoms with Crippen molar-refractivity contribution in [2.45, 2.75) is 27.2 Å². The average Bonchev–Trinajstić information content (AvgIpc) is 2.56. The van der Waals surface area contributed by atoms with Gasteiger partial charge in [0.05, 0.1) is 13.1 Å². The van der Waals surface area contributed by atoms with Crippen LogP contribution < -0.4 is 0 Å². The van der Waals surface area contributed by atoms with Crippen LogP contribution in [0.4, 0.5) is 0 Å². The molecular weight excluding hydrogens is 264 g/mol. The zero-order chi connectivity index (χ0) is 15.6. The van der Waals surface area contributed by atoms with Gasteiger partial charge >= 0.3 is 0 Å². The smallest absolute Gasteiger partial charge is 0.236 e. The second-order valence-corrected chi connectivity index (χ2v) is 6.05. The largest absolute Gasteiger partial charge is 0.345 e. The van der Waals surface area contributed by atoms with Crippen molar-refractivity contribution in [3.8, 4) is 0 Å². The highest BCUT2D eigenvalue weighted by atomic mass is 16.2. The molecule has 4 heteroatoms. The molecule has 114 valence electrons. The Morgan fingerprint density at radius 1 is 1.10 bits per heavy atom. The third-order valence-corrected chi connectivity index (χ3v) is 4.26. The van der Waals surface area contributed by atoms with E-state index in [2.05, 4.69) is 13.0 Å². The molecule has 0 spiro atoms. The van der Waals surface area contributed by atoms with Crippen LogP contribution in [0.5, 0.6) is 0 Å². The fourth-order valence-corrected chi connectivity index (χ4v) is 2.73. The van der Waals surface area contributed by atoms with E-state index in [1.54, 1.807) is 4.90 Å². The van der Waals surface area contributed by atoms with Crippen LogP contribution in [-0.4, -0.2) is 54.7 Å². The van der Waals surface area contributed by atoms with Crippen molar-refractivity contribution in [3.05, 3.63) is 34.4 Å². The summed E-state index contributed by atoms with van der Waals surface area (Å²) in [4.78, 5) is 28.1. The molecule has 0 unspecified atom stereocenters. The van der Waals surface area contributed by atoms with Crippen LogP contribution >= 0.6 is 0 Å². The van der Waals surface area contributed by atoms with Crippen molar-refractivity contribution in [1.82, 2.24) is 9.80 Å². The number of rotatable bonds is 3. The number of amides is 1. The number of carbonyl (C=O) groups is 2. The van der Waals surface area contributed by atoms with E-state index in [9.17, 15) is 9.59 Å². The van der Waals surface area contributed by atoms with E-state index in [4.69, 9.17) is 0 Å². The molecule has 1 amide bonds. The van der Waals surface area contributed by atoms with Gasteiger partial charge in [0.25, 0.3) is 0 Å². The molecule has 0 bridgehead atoms. The number of nitrogens with zero attached hydrogens (tertiary/aromatic N) is 2. The first-order chi connectivity index (χ1) is 9.88. The number of likely N-dealkylation sites (N-methyl/N-ethyl adjacent to an activating group) is 1. The molecule has 1 aliphatic heterocycles. The van der Waals surface area contributed by atoms with Crippen molar-refractivity contribution >= 4 is 11.7 Å². The molecule has 1 aromatic rings.